The second-order valence-electron chi connectivity index (χ2n) is 2.96. The van der Waals surface area contributed by atoms with E-state index in [-0.39, 0.29) is 10.7 Å². The maximum atomic E-state index is 11.3. The van der Waals surface area contributed by atoms with E-state index >= 15 is 0 Å². The Morgan fingerprint density at radius 1 is 1.71 bits per heavy atom. The minimum atomic E-state index is -0.251. The highest BCUT2D eigenvalue weighted by molar-refractivity contribution is 9.10. The van der Waals surface area contributed by atoms with Crippen LogP contribution in [0.5, 0.6) is 0 Å². The molecule has 0 saturated carbocycles. The molecule has 1 rings (SSSR count). The molecule has 3 nitrogen and oxygen atoms in total. The number of rotatable bonds is 2. The number of hydrogen-bond acceptors (Lipinski definition) is 2. The Bertz CT molecular complexity index is 355. The molecule has 0 aliphatic rings. The average Bonchev–Trinajstić information content (AvgIpc) is 2.11. The largest absolute Gasteiger partial charge is 0.322 e. The number of anilines is 1. The van der Waals surface area contributed by atoms with E-state index in [1.54, 1.807) is 19.2 Å². The number of nitrogens with zero attached hydrogens (tertiary/aromatic N) is 1. The number of hydrogen-bond donors (Lipinski definition) is 1. The first-order valence-electron chi connectivity index (χ1n) is 4.08. The highest BCUT2D eigenvalue weighted by Gasteiger charge is 2.11. The standard InChI is InChI=1S/C9H10BrClN2O/c1-5-3-7(8(11)12-4-5)13-9(14)6(2)10/h3-4,6H,1-2H3,(H,13,14). The molecule has 1 aromatic heterocycles. The molecule has 0 spiro atoms. The number of halogens is 2. The van der Waals surface area contributed by atoms with E-state index in [1.807, 2.05) is 6.92 Å². The van der Waals surface area contributed by atoms with Crippen molar-refractivity contribution in [2.24, 2.45) is 0 Å². The van der Waals surface area contributed by atoms with Crippen molar-refractivity contribution in [2.45, 2.75) is 18.7 Å². The quantitative estimate of drug-likeness (QED) is 0.667. The van der Waals surface area contributed by atoms with Gasteiger partial charge in [-0.2, -0.15) is 0 Å². The Balaban J connectivity index is 2.86. The third-order valence-electron chi connectivity index (χ3n) is 1.59. The fourth-order valence-electron chi connectivity index (χ4n) is 0.872. The van der Waals surface area contributed by atoms with Crippen LogP contribution in [0.3, 0.4) is 0 Å². The van der Waals surface area contributed by atoms with Gasteiger partial charge in [0.05, 0.1) is 10.5 Å². The lowest BCUT2D eigenvalue weighted by Gasteiger charge is -2.08. The summed E-state index contributed by atoms with van der Waals surface area (Å²) in [6, 6.07) is 1.78. The van der Waals surface area contributed by atoms with Crippen LogP contribution < -0.4 is 5.32 Å². The van der Waals surface area contributed by atoms with Crippen molar-refractivity contribution < 1.29 is 4.79 Å². The van der Waals surface area contributed by atoms with Gasteiger partial charge < -0.3 is 5.32 Å². The maximum Gasteiger partial charge on any atom is 0.237 e. The fraction of sp³-hybridized carbons (Fsp3) is 0.333. The number of nitrogens with one attached hydrogen (secondary N) is 1. The van der Waals surface area contributed by atoms with E-state index in [2.05, 4.69) is 26.2 Å². The molecule has 1 N–H and O–H groups in total. The van der Waals surface area contributed by atoms with Crippen molar-refractivity contribution in [1.82, 2.24) is 4.98 Å². The Morgan fingerprint density at radius 3 is 2.93 bits per heavy atom. The van der Waals surface area contributed by atoms with Crippen LogP contribution in [0.1, 0.15) is 12.5 Å². The lowest BCUT2D eigenvalue weighted by molar-refractivity contribution is -0.115. The van der Waals surface area contributed by atoms with Gasteiger partial charge >= 0.3 is 0 Å². The van der Waals surface area contributed by atoms with Crippen molar-refractivity contribution in [2.75, 3.05) is 5.32 Å². The minimum Gasteiger partial charge on any atom is -0.322 e. The van der Waals surface area contributed by atoms with E-state index in [9.17, 15) is 4.79 Å². The summed E-state index contributed by atoms with van der Waals surface area (Å²) < 4.78 is 0. The molecule has 0 aliphatic heterocycles. The molecule has 0 bridgehead atoms. The van der Waals surface area contributed by atoms with Gasteiger partial charge in [-0.3, -0.25) is 4.79 Å². The van der Waals surface area contributed by atoms with Crippen LogP contribution in [-0.4, -0.2) is 15.7 Å². The number of carbonyl (C=O) groups is 1. The molecule has 1 heterocycles. The zero-order valence-electron chi connectivity index (χ0n) is 7.84. The molecule has 0 fully saturated rings. The van der Waals surface area contributed by atoms with Crippen molar-refractivity contribution >= 4 is 39.1 Å². The summed E-state index contributed by atoms with van der Waals surface area (Å²) in [7, 11) is 0. The second-order valence-corrected chi connectivity index (χ2v) is 4.69. The predicted octanol–water partition coefficient (Wildman–Crippen LogP) is 2.77. The van der Waals surface area contributed by atoms with Crippen molar-refractivity contribution in [3.8, 4) is 0 Å². The van der Waals surface area contributed by atoms with Crippen LogP contribution in [0.2, 0.25) is 5.15 Å². The Kier molecular flexibility index (Phi) is 3.89. The molecule has 0 aromatic carbocycles. The van der Waals surface area contributed by atoms with E-state index < -0.39 is 0 Å². The van der Waals surface area contributed by atoms with Crippen LogP contribution in [0.15, 0.2) is 12.3 Å². The third kappa shape index (κ3) is 2.96. The summed E-state index contributed by atoms with van der Waals surface area (Å²) in [4.78, 5) is 15.0. The number of pyridine rings is 1. The monoisotopic (exact) mass is 276 g/mol. The molecule has 1 atom stereocenters. The molecule has 1 aromatic rings. The molecule has 14 heavy (non-hydrogen) atoms. The molecule has 1 unspecified atom stereocenters. The van der Waals surface area contributed by atoms with Gasteiger partial charge in [0.1, 0.15) is 0 Å². The van der Waals surface area contributed by atoms with Gasteiger partial charge in [0, 0.05) is 6.20 Å². The minimum absolute atomic E-state index is 0.140. The van der Waals surface area contributed by atoms with Gasteiger partial charge in [-0.15, -0.1) is 0 Å². The normalized spacial score (nSPS) is 12.3. The summed E-state index contributed by atoms with van der Waals surface area (Å²) in [5.74, 6) is -0.140. The zero-order chi connectivity index (χ0) is 10.7. The second kappa shape index (κ2) is 4.75. The average molecular weight is 278 g/mol. The van der Waals surface area contributed by atoms with Gasteiger partial charge in [-0.05, 0) is 25.5 Å². The molecule has 0 aliphatic carbocycles. The van der Waals surface area contributed by atoms with Crippen LogP contribution in [0, 0.1) is 6.92 Å². The van der Waals surface area contributed by atoms with Gasteiger partial charge in [0.15, 0.2) is 5.15 Å². The van der Waals surface area contributed by atoms with E-state index in [0.717, 1.165) is 5.56 Å². The lowest BCUT2D eigenvalue weighted by Crippen LogP contribution is -2.20. The first kappa shape index (κ1) is 11.5. The first-order valence-corrected chi connectivity index (χ1v) is 5.37. The highest BCUT2D eigenvalue weighted by atomic mass is 79.9. The number of aromatic nitrogens is 1. The molecule has 1 amide bonds. The topological polar surface area (TPSA) is 42.0 Å². The summed E-state index contributed by atoms with van der Waals surface area (Å²) in [5.41, 5.74) is 1.50. The smallest absolute Gasteiger partial charge is 0.237 e. The molecule has 76 valence electrons. The Morgan fingerprint density at radius 2 is 2.36 bits per heavy atom. The van der Waals surface area contributed by atoms with Gasteiger partial charge in [-0.25, -0.2) is 4.98 Å². The van der Waals surface area contributed by atoms with Gasteiger partial charge in [0.25, 0.3) is 0 Å². The molecular formula is C9H10BrClN2O. The summed E-state index contributed by atoms with van der Waals surface area (Å²) in [6.45, 7) is 3.63. The van der Waals surface area contributed by atoms with Gasteiger partial charge in [-0.1, -0.05) is 27.5 Å². The van der Waals surface area contributed by atoms with Crippen LogP contribution >= 0.6 is 27.5 Å². The Labute approximate surface area is 96.0 Å². The molecule has 0 saturated heterocycles. The number of carbonyl (C=O) groups excluding carboxylic acids is 1. The summed E-state index contributed by atoms with van der Waals surface area (Å²) >= 11 is 8.97. The van der Waals surface area contributed by atoms with Gasteiger partial charge in [0.2, 0.25) is 5.91 Å². The fourth-order valence-corrected chi connectivity index (χ4v) is 1.14. The third-order valence-corrected chi connectivity index (χ3v) is 2.31. The van der Waals surface area contributed by atoms with Crippen molar-refractivity contribution in [3.63, 3.8) is 0 Å². The number of amides is 1. The summed E-state index contributed by atoms with van der Waals surface area (Å²) in [5, 5.41) is 2.97. The van der Waals surface area contributed by atoms with E-state index in [4.69, 9.17) is 11.6 Å². The molecule has 0 radical (unpaired) electrons. The lowest BCUT2D eigenvalue weighted by atomic mass is 10.3. The first-order chi connectivity index (χ1) is 6.50. The van der Waals surface area contributed by atoms with Crippen molar-refractivity contribution in [3.05, 3.63) is 23.0 Å². The zero-order valence-corrected chi connectivity index (χ0v) is 10.2. The van der Waals surface area contributed by atoms with Crippen LogP contribution in [0.4, 0.5) is 5.69 Å². The number of alkyl halides is 1. The molecular weight excluding hydrogens is 267 g/mol. The summed E-state index contributed by atoms with van der Waals surface area (Å²) in [6.07, 6.45) is 1.65. The predicted molar refractivity (Wildman–Crippen MR) is 61.0 cm³/mol. The Hall–Kier alpha value is -0.610. The maximum absolute atomic E-state index is 11.3. The van der Waals surface area contributed by atoms with Crippen LogP contribution in [0.25, 0.3) is 0 Å². The van der Waals surface area contributed by atoms with Crippen LogP contribution in [-0.2, 0) is 4.79 Å². The SMILES string of the molecule is Cc1cnc(Cl)c(NC(=O)C(C)Br)c1. The van der Waals surface area contributed by atoms with E-state index in [0.29, 0.717) is 10.8 Å². The number of aryl methyl sites for hydroxylation is 1. The van der Waals surface area contributed by atoms with E-state index in [1.165, 1.54) is 0 Å². The molecule has 5 heteroatoms. The highest BCUT2D eigenvalue weighted by Crippen LogP contribution is 2.20. The van der Waals surface area contributed by atoms with Crippen molar-refractivity contribution in [1.29, 1.82) is 0 Å².